The van der Waals surface area contributed by atoms with Gasteiger partial charge in [-0.05, 0) is 31.2 Å². The highest BCUT2D eigenvalue weighted by atomic mass is 79.9. The van der Waals surface area contributed by atoms with Crippen molar-refractivity contribution in [3.63, 3.8) is 0 Å². The lowest BCUT2D eigenvalue weighted by Gasteiger charge is -2.03. The van der Waals surface area contributed by atoms with Crippen LogP contribution in [0, 0.1) is 0 Å². The maximum absolute atomic E-state index is 4.19. The van der Waals surface area contributed by atoms with Gasteiger partial charge in [0.25, 0.3) is 0 Å². The molecular weight excluding hydrogens is 288 g/mol. The van der Waals surface area contributed by atoms with Crippen molar-refractivity contribution in [3.8, 4) is 0 Å². The van der Waals surface area contributed by atoms with Gasteiger partial charge in [0.1, 0.15) is 0 Å². The summed E-state index contributed by atoms with van der Waals surface area (Å²) in [7, 11) is 0. The molecule has 0 fully saturated rings. The number of halogens is 1. The van der Waals surface area contributed by atoms with Gasteiger partial charge in [-0.2, -0.15) is 5.10 Å². The molecular formula is C15H29BrN2. The highest BCUT2D eigenvalue weighted by Crippen LogP contribution is 2.14. The molecule has 0 saturated heterocycles. The zero-order chi connectivity index (χ0) is 12.3. The number of hydrogen-bond acceptors (Lipinski definition) is 1. The number of aromatic nitrogens is 2. The van der Waals surface area contributed by atoms with E-state index in [-0.39, 0.29) is 17.0 Å². The molecule has 0 aliphatic rings. The number of nitrogens with one attached hydrogen (secondary N) is 1. The van der Waals surface area contributed by atoms with Crippen LogP contribution in [0.1, 0.15) is 76.5 Å². The Morgan fingerprint density at radius 2 is 1.50 bits per heavy atom. The largest absolute Gasteiger partial charge is 0.282 e. The Morgan fingerprint density at radius 1 is 0.889 bits per heavy atom. The zero-order valence-corrected chi connectivity index (χ0v) is 13.7. The Labute approximate surface area is 123 Å². The number of aromatic amines is 1. The van der Waals surface area contributed by atoms with Gasteiger partial charge in [0.15, 0.2) is 0 Å². The highest BCUT2D eigenvalue weighted by Gasteiger charge is 2.04. The minimum atomic E-state index is 0. The van der Waals surface area contributed by atoms with Crippen LogP contribution in [0.25, 0.3) is 0 Å². The number of unbranched alkanes of at least 4 members (excludes halogenated alkanes) is 6. The van der Waals surface area contributed by atoms with Gasteiger partial charge >= 0.3 is 0 Å². The molecule has 0 spiro atoms. The molecule has 2 nitrogen and oxygen atoms in total. The van der Waals surface area contributed by atoms with E-state index < -0.39 is 0 Å². The minimum absolute atomic E-state index is 0. The summed E-state index contributed by atoms with van der Waals surface area (Å²) in [6, 6.07) is 0. The molecule has 18 heavy (non-hydrogen) atoms. The zero-order valence-electron chi connectivity index (χ0n) is 12.0. The maximum Gasteiger partial charge on any atom is 0.0522 e. The first-order valence-electron chi connectivity index (χ1n) is 7.39. The first-order valence-corrected chi connectivity index (χ1v) is 7.39. The lowest BCUT2D eigenvalue weighted by Crippen LogP contribution is -1.93. The molecule has 0 aliphatic carbocycles. The normalized spacial score (nSPS) is 10.3. The Bertz CT molecular complexity index is 257. The van der Waals surface area contributed by atoms with Gasteiger partial charge in [-0.15, -0.1) is 17.0 Å². The van der Waals surface area contributed by atoms with Crippen molar-refractivity contribution >= 4 is 17.0 Å². The summed E-state index contributed by atoms with van der Waals surface area (Å²) in [5.74, 6) is 0. The fourth-order valence-corrected chi connectivity index (χ4v) is 2.24. The van der Waals surface area contributed by atoms with Gasteiger partial charge in [0.05, 0.1) is 6.20 Å². The van der Waals surface area contributed by atoms with Crippen LogP contribution in [-0.4, -0.2) is 10.2 Å². The molecule has 1 N–H and O–H groups in total. The third kappa shape index (κ3) is 7.20. The first kappa shape index (κ1) is 17.7. The summed E-state index contributed by atoms with van der Waals surface area (Å²) in [6.07, 6.45) is 15.1. The highest BCUT2D eigenvalue weighted by molar-refractivity contribution is 8.93. The Hall–Kier alpha value is -0.310. The van der Waals surface area contributed by atoms with E-state index in [0.29, 0.717) is 0 Å². The second-order valence-electron chi connectivity index (χ2n) is 5.00. The average Bonchev–Trinajstić information content (AvgIpc) is 2.78. The fourth-order valence-electron chi connectivity index (χ4n) is 2.24. The molecule has 0 aliphatic heterocycles. The predicted octanol–water partition coefficient (Wildman–Crippen LogP) is 5.23. The van der Waals surface area contributed by atoms with Crippen LogP contribution in [0.3, 0.4) is 0 Å². The van der Waals surface area contributed by atoms with Crippen molar-refractivity contribution in [3.05, 3.63) is 17.5 Å². The van der Waals surface area contributed by atoms with E-state index in [1.54, 1.807) is 0 Å². The summed E-state index contributed by atoms with van der Waals surface area (Å²) in [5.41, 5.74) is 2.84. The number of nitrogens with zero attached hydrogens (tertiary/aromatic N) is 1. The summed E-state index contributed by atoms with van der Waals surface area (Å²) in [5, 5.41) is 7.37. The Balaban J connectivity index is 0.00000289. The summed E-state index contributed by atoms with van der Waals surface area (Å²) in [4.78, 5) is 0. The summed E-state index contributed by atoms with van der Waals surface area (Å²) >= 11 is 0. The molecule has 0 unspecified atom stereocenters. The number of H-pyrrole nitrogens is 1. The van der Waals surface area contributed by atoms with Gasteiger partial charge < -0.3 is 0 Å². The Kier molecular flexibility index (Phi) is 11.6. The van der Waals surface area contributed by atoms with Crippen LogP contribution in [0.2, 0.25) is 0 Å². The average molecular weight is 317 g/mol. The molecule has 1 rings (SSSR count). The summed E-state index contributed by atoms with van der Waals surface area (Å²) in [6.45, 7) is 4.52. The van der Waals surface area contributed by atoms with Crippen LogP contribution in [-0.2, 0) is 12.8 Å². The summed E-state index contributed by atoms with van der Waals surface area (Å²) < 4.78 is 0. The lowest BCUT2D eigenvalue weighted by molar-refractivity contribution is 0.646. The van der Waals surface area contributed by atoms with E-state index >= 15 is 0 Å². The van der Waals surface area contributed by atoms with Crippen LogP contribution in [0.15, 0.2) is 6.20 Å². The monoisotopic (exact) mass is 316 g/mol. The standard InChI is InChI=1S/C15H28N2.BrH/c1-3-5-7-9-11-14-13-16-17-15(14)12-10-8-6-4-2;/h13H,3-12H2,1-2H3,(H,16,17);1H. The maximum atomic E-state index is 4.19. The van der Waals surface area contributed by atoms with Gasteiger partial charge in [0, 0.05) is 5.69 Å². The fraction of sp³-hybridized carbons (Fsp3) is 0.800. The Morgan fingerprint density at radius 3 is 2.11 bits per heavy atom. The van der Waals surface area contributed by atoms with Crippen molar-refractivity contribution in [1.82, 2.24) is 10.2 Å². The second kappa shape index (κ2) is 11.8. The topological polar surface area (TPSA) is 28.7 Å². The predicted molar refractivity (Wildman–Crippen MR) is 84.6 cm³/mol. The molecule has 1 aromatic rings. The van der Waals surface area contributed by atoms with E-state index in [4.69, 9.17) is 0 Å². The molecule has 106 valence electrons. The molecule has 1 aromatic heterocycles. The van der Waals surface area contributed by atoms with Crippen molar-refractivity contribution < 1.29 is 0 Å². The van der Waals surface area contributed by atoms with E-state index in [9.17, 15) is 0 Å². The smallest absolute Gasteiger partial charge is 0.0522 e. The molecule has 3 heteroatoms. The molecule has 0 amide bonds. The van der Waals surface area contributed by atoms with Crippen molar-refractivity contribution in [2.75, 3.05) is 0 Å². The van der Waals surface area contributed by atoms with Crippen molar-refractivity contribution in [1.29, 1.82) is 0 Å². The van der Waals surface area contributed by atoms with Crippen LogP contribution >= 0.6 is 17.0 Å². The quantitative estimate of drug-likeness (QED) is 0.588. The van der Waals surface area contributed by atoms with Gasteiger partial charge in [-0.1, -0.05) is 52.4 Å². The first-order chi connectivity index (χ1) is 8.38. The van der Waals surface area contributed by atoms with E-state index in [0.717, 1.165) is 0 Å². The number of rotatable bonds is 10. The van der Waals surface area contributed by atoms with Crippen LogP contribution in [0.4, 0.5) is 0 Å². The van der Waals surface area contributed by atoms with Crippen LogP contribution < -0.4 is 0 Å². The molecule has 0 bridgehead atoms. The second-order valence-corrected chi connectivity index (χ2v) is 5.00. The molecule has 0 atom stereocenters. The van der Waals surface area contributed by atoms with Gasteiger partial charge in [0.2, 0.25) is 0 Å². The molecule has 0 saturated carbocycles. The van der Waals surface area contributed by atoms with E-state index in [2.05, 4.69) is 24.0 Å². The third-order valence-corrected chi connectivity index (χ3v) is 3.39. The molecule has 0 aromatic carbocycles. The lowest BCUT2D eigenvalue weighted by atomic mass is 10.0. The van der Waals surface area contributed by atoms with Gasteiger partial charge in [-0.3, -0.25) is 5.10 Å². The number of aryl methyl sites for hydroxylation is 2. The SMILES string of the molecule is Br.CCCCCCc1cn[nH]c1CCCCCC. The third-order valence-electron chi connectivity index (χ3n) is 3.39. The van der Waals surface area contributed by atoms with Crippen LogP contribution in [0.5, 0.6) is 0 Å². The van der Waals surface area contributed by atoms with Crippen molar-refractivity contribution in [2.24, 2.45) is 0 Å². The minimum Gasteiger partial charge on any atom is -0.282 e. The van der Waals surface area contributed by atoms with E-state index in [1.807, 2.05) is 6.20 Å². The number of hydrogen-bond donors (Lipinski definition) is 1. The molecule has 0 radical (unpaired) electrons. The van der Waals surface area contributed by atoms with Crippen molar-refractivity contribution in [2.45, 2.75) is 78.1 Å². The van der Waals surface area contributed by atoms with E-state index in [1.165, 1.54) is 75.5 Å². The van der Waals surface area contributed by atoms with Gasteiger partial charge in [-0.25, -0.2) is 0 Å². The molecule has 1 heterocycles.